The lowest BCUT2D eigenvalue weighted by Gasteiger charge is -2.34. The van der Waals surface area contributed by atoms with Crippen LogP contribution < -0.4 is 9.64 Å². The Hall–Kier alpha value is -4.12. The van der Waals surface area contributed by atoms with E-state index in [1.807, 2.05) is 0 Å². The fraction of sp³-hybridized carbons (Fsp3) is 0.200. The molecule has 0 unspecified atom stereocenters. The van der Waals surface area contributed by atoms with Crippen LogP contribution in [0.2, 0.25) is 0 Å². The minimum atomic E-state index is -3.99. The van der Waals surface area contributed by atoms with Crippen molar-refractivity contribution < 1.29 is 31.2 Å². The van der Waals surface area contributed by atoms with E-state index in [0.717, 1.165) is 0 Å². The minimum Gasteiger partial charge on any atom is -0.481 e. The van der Waals surface area contributed by atoms with Crippen LogP contribution in [-0.4, -0.2) is 57.0 Å². The van der Waals surface area contributed by atoms with E-state index in [9.17, 15) is 17.6 Å². The summed E-state index contributed by atoms with van der Waals surface area (Å²) < 4.78 is 57.1. The molecule has 5 rings (SSSR count). The smallest absolute Gasteiger partial charge is 0.266 e. The van der Waals surface area contributed by atoms with Crippen LogP contribution in [0.15, 0.2) is 91.7 Å². The zero-order valence-corrected chi connectivity index (χ0v) is 19.9. The number of hydrogen-bond donors (Lipinski definition) is 0. The maximum Gasteiger partial charge on any atom is 0.266 e. The minimum absolute atomic E-state index is 0.00682. The summed E-state index contributed by atoms with van der Waals surface area (Å²) in [5.74, 6) is -0.415. The van der Waals surface area contributed by atoms with Gasteiger partial charge in [0, 0.05) is 26.2 Å². The standard InChI is InChI=1S/C25H22FN3O6S/c26-19-9-4-5-10-20(19)34-17-22(30)28-12-14-29(15-13-28)25-24(27-23(35-25)21-11-6-16-33-21)36(31,32)18-7-2-1-3-8-18/h1-11,16H,12-15,17H2. The summed E-state index contributed by atoms with van der Waals surface area (Å²) in [7, 11) is -3.99. The molecular formula is C25H22FN3O6S. The first kappa shape index (κ1) is 23.6. The molecule has 1 amide bonds. The number of oxazole rings is 1. The predicted molar refractivity (Wildman–Crippen MR) is 127 cm³/mol. The van der Waals surface area contributed by atoms with E-state index in [4.69, 9.17) is 13.6 Å². The SMILES string of the molecule is O=C(COc1ccccc1F)N1CCN(c2oc(-c3ccco3)nc2S(=O)(=O)c2ccccc2)CC1. The van der Waals surface area contributed by atoms with Gasteiger partial charge in [0.25, 0.3) is 11.8 Å². The van der Waals surface area contributed by atoms with Crippen molar-refractivity contribution in [2.24, 2.45) is 0 Å². The number of carbonyl (C=O) groups excluding carboxylic acids is 1. The molecule has 0 radical (unpaired) electrons. The normalized spacial score (nSPS) is 14.1. The molecule has 11 heteroatoms. The van der Waals surface area contributed by atoms with Crippen LogP contribution in [0.3, 0.4) is 0 Å². The summed E-state index contributed by atoms with van der Waals surface area (Å²) in [5, 5.41) is -0.220. The molecule has 4 aromatic rings. The second-order valence-electron chi connectivity index (χ2n) is 8.01. The number of carbonyl (C=O) groups is 1. The maximum atomic E-state index is 13.8. The molecule has 0 saturated carbocycles. The molecule has 2 aromatic carbocycles. The van der Waals surface area contributed by atoms with Crippen molar-refractivity contribution in [3.8, 4) is 17.4 Å². The quantitative estimate of drug-likeness (QED) is 0.370. The van der Waals surface area contributed by atoms with Crippen molar-refractivity contribution in [3.63, 3.8) is 0 Å². The average Bonchev–Trinajstić information content (AvgIpc) is 3.59. The van der Waals surface area contributed by atoms with Crippen molar-refractivity contribution >= 4 is 21.6 Å². The van der Waals surface area contributed by atoms with E-state index in [1.54, 1.807) is 46.2 Å². The number of nitrogens with zero attached hydrogens (tertiary/aromatic N) is 3. The summed E-state index contributed by atoms with van der Waals surface area (Å²) in [6, 6.07) is 17.1. The molecule has 186 valence electrons. The highest BCUT2D eigenvalue weighted by Crippen LogP contribution is 2.35. The van der Waals surface area contributed by atoms with Gasteiger partial charge in [-0.1, -0.05) is 30.3 Å². The number of furan rings is 1. The first-order chi connectivity index (χ1) is 17.4. The maximum absolute atomic E-state index is 13.8. The molecule has 1 aliphatic rings. The lowest BCUT2D eigenvalue weighted by Crippen LogP contribution is -2.50. The fourth-order valence-corrected chi connectivity index (χ4v) is 5.18. The molecule has 2 aromatic heterocycles. The summed E-state index contributed by atoms with van der Waals surface area (Å²) in [6.45, 7) is 0.882. The zero-order valence-electron chi connectivity index (χ0n) is 19.0. The van der Waals surface area contributed by atoms with E-state index >= 15 is 0 Å². The van der Waals surface area contributed by atoms with Crippen LogP contribution in [0.1, 0.15) is 0 Å². The number of para-hydroxylation sites is 1. The molecule has 0 spiro atoms. The van der Waals surface area contributed by atoms with Gasteiger partial charge in [0.1, 0.15) is 0 Å². The Morgan fingerprint density at radius 1 is 0.972 bits per heavy atom. The number of hydrogen-bond acceptors (Lipinski definition) is 8. The summed E-state index contributed by atoms with van der Waals surface area (Å²) in [6.07, 6.45) is 1.44. The number of halogens is 1. The van der Waals surface area contributed by atoms with E-state index in [-0.39, 0.29) is 40.0 Å². The average molecular weight is 512 g/mol. The molecular weight excluding hydrogens is 489 g/mol. The highest BCUT2D eigenvalue weighted by molar-refractivity contribution is 7.91. The summed E-state index contributed by atoms with van der Waals surface area (Å²) in [4.78, 5) is 20.3. The van der Waals surface area contributed by atoms with Crippen molar-refractivity contribution in [1.82, 2.24) is 9.88 Å². The van der Waals surface area contributed by atoms with Crippen molar-refractivity contribution in [2.75, 3.05) is 37.7 Å². The number of anilines is 1. The van der Waals surface area contributed by atoms with Gasteiger partial charge in [-0.05, 0) is 36.4 Å². The Balaban J connectivity index is 1.34. The van der Waals surface area contributed by atoms with Gasteiger partial charge in [0.15, 0.2) is 23.9 Å². The molecule has 0 bridgehead atoms. The Morgan fingerprint density at radius 3 is 2.39 bits per heavy atom. The Kier molecular flexibility index (Phi) is 6.47. The van der Waals surface area contributed by atoms with E-state index in [2.05, 4.69) is 4.98 Å². The van der Waals surface area contributed by atoms with Gasteiger partial charge in [-0.25, -0.2) is 12.8 Å². The Morgan fingerprint density at radius 2 is 1.69 bits per heavy atom. The van der Waals surface area contributed by atoms with Gasteiger partial charge in [-0.3, -0.25) is 4.79 Å². The van der Waals surface area contributed by atoms with Gasteiger partial charge >= 0.3 is 0 Å². The molecule has 1 fully saturated rings. The number of aromatic nitrogens is 1. The first-order valence-corrected chi connectivity index (χ1v) is 12.7. The Bertz CT molecular complexity index is 1450. The number of benzene rings is 2. The van der Waals surface area contributed by atoms with Gasteiger partial charge in [0.2, 0.25) is 20.7 Å². The number of rotatable bonds is 7. The Labute approximate surface area is 206 Å². The van der Waals surface area contributed by atoms with Crippen LogP contribution in [0.25, 0.3) is 11.7 Å². The molecule has 0 aliphatic carbocycles. The first-order valence-electron chi connectivity index (χ1n) is 11.2. The number of amides is 1. The summed E-state index contributed by atoms with van der Waals surface area (Å²) in [5.41, 5.74) is 0. The van der Waals surface area contributed by atoms with Gasteiger partial charge < -0.3 is 23.4 Å². The lowest BCUT2D eigenvalue weighted by molar-refractivity contribution is -0.133. The van der Waals surface area contributed by atoms with Gasteiger partial charge in [0.05, 0.1) is 11.2 Å². The summed E-state index contributed by atoms with van der Waals surface area (Å²) >= 11 is 0. The second-order valence-corrected chi connectivity index (χ2v) is 9.88. The number of sulfone groups is 1. The van der Waals surface area contributed by atoms with E-state index < -0.39 is 15.7 Å². The number of ether oxygens (including phenoxy) is 1. The van der Waals surface area contributed by atoms with Crippen LogP contribution in [0.4, 0.5) is 10.3 Å². The van der Waals surface area contributed by atoms with E-state index in [0.29, 0.717) is 31.9 Å². The highest BCUT2D eigenvalue weighted by Gasteiger charge is 2.34. The van der Waals surface area contributed by atoms with Gasteiger partial charge in [-0.2, -0.15) is 4.98 Å². The lowest BCUT2D eigenvalue weighted by atomic mass is 10.3. The molecule has 36 heavy (non-hydrogen) atoms. The topological polar surface area (TPSA) is 106 Å². The predicted octanol–water partition coefficient (Wildman–Crippen LogP) is 3.63. The van der Waals surface area contributed by atoms with Gasteiger partial charge in [-0.15, -0.1) is 0 Å². The largest absolute Gasteiger partial charge is 0.481 e. The molecule has 1 saturated heterocycles. The van der Waals surface area contributed by atoms with Crippen LogP contribution in [0.5, 0.6) is 5.75 Å². The zero-order chi connectivity index (χ0) is 25.1. The second kappa shape index (κ2) is 9.86. The molecule has 0 atom stereocenters. The molecule has 3 heterocycles. The molecule has 0 N–H and O–H groups in total. The monoisotopic (exact) mass is 511 g/mol. The van der Waals surface area contributed by atoms with E-state index in [1.165, 1.54) is 36.6 Å². The van der Waals surface area contributed by atoms with Crippen molar-refractivity contribution in [2.45, 2.75) is 9.92 Å². The van der Waals surface area contributed by atoms with Crippen molar-refractivity contribution in [3.05, 3.63) is 78.8 Å². The number of piperazine rings is 1. The van der Waals surface area contributed by atoms with Crippen LogP contribution >= 0.6 is 0 Å². The third-order valence-electron chi connectivity index (χ3n) is 5.73. The van der Waals surface area contributed by atoms with Crippen LogP contribution in [0, 0.1) is 5.82 Å². The third kappa shape index (κ3) is 4.69. The fourth-order valence-electron chi connectivity index (χ4n) is 3.84. The van der Waals surface area contributed by atoms with Crippen LogP contribution in [-0.2, 0) is 14.6 Å². The molecule has 1 aliphatic heterocycles. The molecule has 9 nitrogen and oxygen atoms in total. The highest BCUT2D eigenvalue weighted by atomic mass is 32.2. The van der Waals surface area contributed by atoms with Crippen molar-refractivity contribution in [1.29, 1.82) is 0 Å². The third-order valence-corrected chi connectivity index (χ3v) is 7.39.